The van der Waals surface area contributed by atoms with Crippen LogP contribution in [0.15, 0.2) is 0 Å². The molecule has 1 heterocycles. The molecular formula is C12H23N5O2S. The second-order valence-electron chi connectivity index (χ2n) is 4.90. The summed E-state index contributed by atoms with van der Waals surface area (Å²) in [5, 5.41) is 6.18. The third-order valence-corrected chi connectivity index (χ3v) is 3.43. The summed E-state index contributed by atoms with van der Waals surface area (Å²) in [5.41, 5.74) is 0.913. The lowest BCUT2D eigenvalue weighted by molar-refractivity contribution is 0.589. The Labute approximate surface area is 120 Å². The number of anilines is 2. The number of sulfonamides is 1. The molecule has 0 aromatic carbocycles. The predicted octanol–water partition coefficient (Wildman–Crippen LogP) is 0.911. The molecule has 1 rings (SSSR count). The smallest absolute Gasteiger partial charge is 0.208 e. The van der Waals surface area contributed by atoms with Crippen LogP contribution >= 0.6 is 0 Å². The van der Waals surface area contributed by atoms with E-state index < -0.39 is 10.0 Å². The highest BCUT2D eigenvalue weighted by Gasteiger charge is 2.12. The second kappa shape index (κ2) is 6.85. The fourth-order valence-electron chi connectivity index (χ4n) is 1.62. The first-order valence-electron chi connectivity index (χ1n) is 6.49. The molecule has 1 aromatic heterocycles. The van der Waals surface area contributed by atoms with Crippen molar-refractivity contribution in [2.75, 3.05) is 37.0 Å². The summed E-state index contributed by atoms with van der Waals surface area (Å²) < 4.78 is 24.4. The van der Waals surface area contributed by atoms with Gasteiger partial charge in [0, 0.05) is 31.6 Å². The van der Waals surface area contributed by atoms with Crippen molar-refractivity contribution in [3.05, 3.63) is 11.4 Å². The van der Waals surface area contributed by atoms with Gasteiger partial charge < -0.3 is 10.6 Å². The van der Waals surface area contributed by atoms with Crippen LogP contribution in [-0.4, -0.2) is 44.8 Å². The van der Waals surface area contributed by atoms with Crippen LogP contribution in [0.1, 0.15) is 31.2 Å². The number of aromatic nitrogens is 2. The third kappa shape index (κ3) is 4.93. The highest BCUT2D eigenvalue weighted by molar-refractivity contribution is 7.88. The Balaban J connectivity index is 2.80. The van der Waals surface area contributed by atoms with Gasteiger partial charge in [-0.15, -0.1) is 0 Å². The van der Waals surface area contributed by atoms with Crippen molar-refractivity contribution in [1.82, 2.24) is 14.7 Å². The fourth-order valence-corrected chi connectivity index (χ4v) is 2.10. The highest BCUT2D eigenvalue weighted by Crippen LogP contribution is 2.22. The number of nitrogens with one attached hydrogen (secondary N) is 3. The van der Waals surface area contributed by atoms with Crippen molar-refractivity contribution in [3.8, 4) is 0 Å². The Morgan fingerprint density at radius 3 is 2.25 bits per heavy atom. The van der Waals surface area contributed by atoms with Gasteiger partial charge in [-0.2, -0.15) is 0 Å². The molecule has 0 radical (unpaired) electrons. The molecule has 0 saturated heterocycles. The number of hydrogen-bond donors (Lipinski definition) is 3. The molecule has 0 spiro atoms. The van der Waals surface area contributed by atoms with Crippen LogP contribution in [0.5, 0.6) is 0 Å². The topological polar surface area (TPSA) is 96.0 Å². The summed E-state index contributed by atoms with van der Waals surface area (Å²) in [6.45, 7) is 6.75. The third-order valence-electron chi connectivity index (χ3n) is 2.70. The van der Waals surface area contributed by atoms with Gasteiger partial charge in [0.2, 0.25) is 10.0 Å². The van der Waals surface area contributed by atoms with Gasteiger partial charge in [-0.25, -0.2) is 23.1 Å². The lowest BCUT2D eigenvalue weighted by Crippen LogP contribution is -2.28. The Morgan fingerprint density at radius 2 is 1.75 bits per heavy atom. The van der Waals surface area contributed by atoms with Gasteiger partial charge in [-0.05, 0) is 6.92 Å². The lowest BCUT2D eigenvalue weighted by atomic mass is 10.2. The molecule has 0 unspecified atom stereocenters. The van der Waals surface area contributed by atoms with Gasteiger partial charge in [-0.3, -0.25) is 0 Å². The van der Waals surface area contributed by atoms with Gasteiger partial charge >= 0.3 is 0 Å². The molecule has 7 nitrogen and oxygen atoms in total. The molecule has 8 heteroatoms. The van der Waals surface area contributed by atoms with Gasteiger partial charge in [0.15, 0.2) is 0 Å². The molecule has 1 aromatic rings. The molecule has 0 bridgehead atoms. The molecule has 0 saturated carbocycles. The summed E-state index contributed by atoms with van der Waals surface area (Å²) >= 11 is 0. The van der Waals surface area contributed by atoms with E-state index in [-0.39, 0.29) is 5.92 Å². The van der Waals surface area contributed by atoms with Gasteiger partial charge in [0.1, 0.15) is 17.5 Å². The van der Waals surface area contributed by atoms with E-state index in [2.05, 4.69) is 25.3 Å². The van der Waals surface area contributed by atoms with Crippen molar-refractivity contribution in [2.24, 2.45) is 0 Å². The van der Waals surface area contributed by atoms with Crippen molar-refractivity contribution < 1.29 is 8.42 Å². The zero-order valence-electron chi connectivity index (χ0n) is 12.6. The summed E-state index contributed by atoms with van der Waals surface area (Å²) in [5.74, 6) is 2.47. The zero-order valence-corrected chi connectivity index (χ0v) is 13.4. The van der Waals surface area contributed by atoms with Crippen LogP contribution in [0.4, 0.5) is 11.6 Å². The average Bonchev–Trinajstić information content (AvgIpc) is 2.34. The largest absolute Gasteiger partial charge is 0.373 e. The van der Waals surface area contributed by atoms with E-state index in [0.717, 1.165) is 29.3 Å². The standard InChI is InChI=1S/C12H23N5O2S/c1-8(2)10-16-11(13-4)9(3)12(17-10)14-6-7-15-20(5,18)19/h8,15H,6-7H2,1-5H3,(H2,13,14,16,17). The first-order valence-corrected chi connectivity index (χ1v) is 8.38. The summed E-state index contributed by atoms with van der Waals surface area (Å²) in [6.07, 6.45) is 1.14. The molecule has 0 aliphatic heterocycles. The van der Waals surface area contributed by atoms with Crippen LogP contribution in [0.2, 0.25) is 0 Å². The second-order valence-corrected chi connectivity index (χ2v) is 6.74. The summed E-state index contributed by atoms with van der Waals surface area (Å²) in [6, 6.07) is 0. The zero-order chi connectivity index (χ0) is 15.3. The number of nitrogens with zero attached hydrogens (tertiary/aromatic N) is 2. The first kappa shape index (κ1) is 16.6. The van der Waals surface area contributed by atoms with Crippen LogP contribution < -0.4 is 15.4 Å². The van der Waals surface area contributed by atoms with E-state index in [4.69, 9.17) is 0 Å². The number of hydrogen-bond acceptors (Lipinski definition) is 6. The lowest BCUT2D eigenvalue weighted by Gasteiger charge is -2.15. The highest BCUT2D eigenvalue weighted by atomic mass is 32.2. The van der Waals surface area contributed by atoms with Crippen LogP contribution in [0.3, 0.4) is 0 Å². The fraction of sp³-hybridized carbons (Fsp3) is 0.667. The predicted molar refractivity (Wildman–Crippen MR) is 81.7 cm³/mol. The molecule has 114 valence electrons. The maximum absolute atomic E-state index is 11.0. The maximum atomic E-state index is 11.0. The Hall–Kier alpha value is -1.41. The molecule has 3 N–H and O–H groups in total. The van der Waals surface area contributed by atoms with E-state index in [0.29, 0.717) is 13.1 Å². The Morgan fingerprint density at radius 1 is 1.15 bits per heavy atom. The molecule has 0 aliphatic carbocycles. The molecule has 0 atom stereocenters. The van der Waals surface area contributed by atoms with Crippen molar-refractivity contribution in [2.45, 2.75) is 26.7 Å². The monoisotopic (exact) mass is 301 g/mol. The molecule has 0 fully saturated rings. The van der Waals surface area contributed by atoms with E-state index in [1.54, 1.807) is 0 Å². The van der Waals surface area contributed by atoms with E-state index in [1.165, 1.54) is 0 Å². The van der Waals surface area contributed by atoms with Crippen molar-refractivity contribution >= 4 is 21.7 Å². The van der Waals surface area contributed by atoms with Crippen LogP contribution in [0, 0.1) is 6.92 Å². The normalized spacial score (nSPS) is 11.7. The minimum absolute atomic E-state index is 0.220. The van der Waals surface area contributed by atoms with Crippen LogP contribution in [0.25, 0.3) is 0 Å². The maximum Gasteiger partial charge on any atom is 0.208 e. The van der Waals surface area contributed by atoms with Gasteiger partial charge in [0.05, 0.1) is 6.26 Å². The quantitative estimate of drug-likeness (QED) is 0.648. The average molecular weight is 301 g/mol. The van der Waals surface area contributed by atoms with Crippen molar-refractivity contribution in [1.29, 1.82) is 0 Å². The molecule has 0 aliphatic rings. The molecule has 20 heavy (non-hydrogen) atoms. The summed E-state index contributed by atoms with van der Waals surface area (Å²) in [7, 11) is -1.34. The SMILES string of the molecule is CNc1nc(C(C)C)nc(NCCNS(C)(=O)=O)c1C. The van der Waals surface area contributed by atoms with E-state index in [1.807, 2.05) is 27.8 Å². The van der Waals surface area contributed by atoms with Crippen LogP contribution in [-0.2, 0) is 10.0 Å². The molecule has 0 amide bonds. The first-order chi connectivity index (χ1) is 9.24. The Kier molecular flexibility index (Phi) is 5.70. The van der Waals surface area contributed by atoms with Crippen molar-refractivity contribution in [3.63, 3.8) is 0 Å². The van der Waals surface area contributed by atoms with E-state index in [9.17, 15) is 8.42 Å². The van der Waals surface area contributed by atoms with Gasteiger partial charge in [-0.1, -0.05) is 13.8 Å². The summed E-state index contributed by atoms with van der Waals surface area (Å²) in [4.78, 5) is 8.92. The van der Waals surface area contributed by atoms with Gasteiger partial charge in [0.25, 0.3) is 0 Å². The van der Waals surface area contributed by atoms with E-state index >= 15 is 0 Å². The molecular weight excluding hydrogens is 278 g/mol. The number of rotatable bonds is 7. The Bertz CT molecular complexity index is 557. The minimum atomic E-state index is -3.16. The minimum Gasteiger partial charge on any atom is -0.373 e.